The molecule has 0 heterocycles. The molecular formula is C39H52N8O6. The summed E-state index contributed by atoms with van der Waals surface area (Å²) in [7, 11) is 0. The smallest absolute Gasteiger partial charge is 0.243 e. The topological polar surface area (TPSA) is 258 Å². The lowest BCUT2D eigenvalue weighted by molar-refractivity contribution is -0.137. The third-order valence-electron chi connectivity index (χ3n) is 8.70. The first kappa shape index (κ1) is 41.7. The average molecular weight is 729 g/mol. The third kappa shape index (κ3) is 14.4. The molecule has 0 aliphatic carbocycles. The Labute approximate surface area is 310 Å². The number of nitrogens with two attached hydrogens (primary N) is 4. The zero-order valence-electron chi connectivity index (χ0n) is 30.1. The van der Waals surface area contributed by atoms with E-state index in [9.17, 15) is 29.1 Å². The quantitative estimate of drug-likeness (QED) is 0.0319. The first-order valence-corrected chi connectivity index (χ1v) is 17.8. The number of aromatic hydroxyl groups is 1. The highest BCUT2D eigenvalue weighted by Gasteiger charge is 2.34. The molecule has 12 N–H and O–H groups in total. The zero-order chi connectivity index (χ0) is 38.8. The Morgan fingerprint density at radius 2 is 1.15 bits per heavy atom. The molecule has 3 aromatic rings. The van der Waals surface area contributed by atoms with E-state index in [1.165, 1.54) is 12.1 Å². The van der Waals surface area contributed by atoms with E-state index in [-0.39, 0.29) is 50.4 Å². The Kier molecular flexibility index (Phi) is 17.0. The summed E-state index contributed by atoms with van der Waals surface area (Å²) in [6.45, 7) is 2.11. The first-order valence-electron chi connectivity index (χ1n) is 17.8. The maximum Gasteiger partial charge on any atom is 0.243 e. The van der Waals surface area contributed by atoms with Crippen LogP contribution in [-0.4, -0.2) is 71.2 Å². The first-order chi connectivity index (χ1) is 25.4. The van der Waals surface area contributed by atoms with Crippen molar-refractivity contribution in [1.82, 2.24) is 16.0 Å². The molecule has 14 heteroatoms. The van der Waals surface area contributed by atoms with Crippen molar-refractivity contribution in [3.05, 3.63) is 102 Å². The number of unbranched alkanes of at least 4 members (excludes halogenated alkanes) is 1. The number of phenols is 1. The van der Waals surface area contributed by atoms with Crippen molar-refractivity contribution in [2.45, 2.75) is 82.5 Å². The van der Waals surface area contributed by atoms with E-state index < -0.39 is 59.5 Å². The molecule has 0 unspecified atom stereocenters. The minimum absolute atomic E-state index is 0.0427. The summed E-state index contributed by atoms with van der Waals surface area (Å²) < 4.78 is 0. The van der Waals surface area contributed by atoms with Crippen LogP contribution in [0.15, 0.2) is 89.9 Å². The van der Waals surface area contributed by atoms with Crippen LogP contribution in [0, 0.1) is 5.92 Å². The summed E-state index contributed by atoms with van der Waals surface area (Å²) >= 11 is 0. The normalized spacial score (nSPS) is 13.7. The lowest BCUT2D eigenvalue weighted by atomic mass is 9.88. The van der Waals surface area contributed by atoms with Crippen molar-refractivity contribution < 1.29 is 29.1 Å². The van der Waals surface area contributed by atoms with Gasteiger partial charge in [0.1, 0.15) is 23.8 Å². The number of primary amides is 1. The largest absolute Gasteiger partial charge is 0.508 e. The van der Waals surface area contributed by atoms with Gasteiger partial charge in [0.05, 0.1) is 12.1 Å². The Morgan fingerprint density at radius 3 is 1.72 bits per heavy atom. The van der Waals surface area contributed by atoms with Crippen LogP contribution in [-0.2, 0) is 43.2 Å². The van der Waals surface area contributed by atoms with Gasteiger partial charge in [0.2, 0.25) is 23.6 Å². The molecule has 3 rings (SSSR count). The monoisotopic (exact) mass is 728 g/mol. The number of carbonyl (C=O) groups excluding carboxylic acids is 5. The maximum absolute atomic E-state index is 13.9. The predicted molar refractivity (Wildman–Crippen MR) is 203 cm³/mol. The molecule has 0 aliphatic rings. The Bertz CT molecular complexity index is 1670. The number of phenolic OH excluding ortho intramolecular Hbond substituents is 1. The average Bonchev–Trinajstić information content (AvgIpc) is 3.14. The van der Waals surface area contributed by atoms with Gasteiger partial charge in [0, 0.05) is 13.0 Å². The van der Waals surface area contributed by atoms with Crippen LogP contribution in [0.25, 0.3) is 0 Å². The predicted octanol–water partition coefficient (Wildman–Crippen LogP) is 1.12. The molecular weight excluding hydrogens is 676 g/mol. The van der Waals surface area contributed by atoms with Gasteiger partial charge in [-0.1, -0.05) is 92.6 Å². The van der Waals surface area contributed by atoms with E-state index in [4.69, 9.17) is 22.9 Å². The van der Waals surface area contributed by atoms with E-state index in [0.29, 0.717) is 19.3 Å². The molecule has 0 bridgehead atoms. The molecule has 0 saturated carbocycles. The van der Waals surface area contributed by atoms with Gasteiger partial charge in [0.25, 0.3) is 0 Å². The second-order valence-corrected chi connectivity index (χ2v) is 13.0. The molecule has 0 saturated heterocycles. The van der Waals surface area contributed by atoms with E-state index in [1.54, 1.807) is 36.4 Å². The van der Waals surface area contributed by atoms with Gasteiger partial charge in [-0.05, 0) is 60.9 Å². The summed E-state index contributed by atoms with van der Waals surface area (Å²) in [4.78, 5) is 71.6. The zero-order valence-corrected chi connectivity index (χ0v) is 30.1. The summed E-state index contributed by atoms with van der Waals surface area (Å²) in [6.07, 6.45) is 2.21. The van der Waals surface area contributed by atoms with Crippen LogP contribution in [0.4, 0.5) is 0 Å². The molecule has 53 heavy (non-hydrogen) atoms. The molecule has 14 nitrogen and oxygen atoms in total. The van der Waals surface area contributed by atoms with Crippen LogP contribution in [0.1, 0.15) is 55.7 Å². The summed E-state index contributed by atoms with van der Waals surface area (Å²) in [6, 6.07) is 19.9. The molecule has 4 amide bonds. The lowest BCUT2D eigenvalue weighted by Crippen LogP contribution is -2.58. The van der Waals surface area contributed by atoms with Crippen molar-refractivity contribution >= 4 is 35.4 Å². The second-order valence-electron chi connectivity index (χ2n) is 13.0. The van der Waals surface area contributed by atoms with Crippen LogP contribution in [0.5, 0.6) is 5.75 Å². The Morgan fingerprint density at radius 1 is 0.642 bits per heavy atom. The number of nitrogens with zero attached hydrogens (tertiary/aromatic N) is 1. The van der Waals surface area contributed by atoms with Crippen molar-refractivity contribution in [2.24, 2.45) is 33.8 Å². The maximum atomic E-state index is 13.9. The molecule has 0 aromatic heterocycles. The molecule has 0 spiro atoms. The molecule has 0 radical (unpaired) electrons. The van der Waals surface area contributed by atoms with Crippen molar-refractivity contribution in [2.75, 3.05) is 6.54 Å². The van der Waals surface area contributed by atoms with Crippen molar-refractivity contribution in [1.29, 1.82) is 0 Å². The Hall–Kier alpha value is -5.76. The van der Waals surface area contributed by atoms with Gasteiger partial charge >= 0.3 is 0 Å². The summed E-state index contributed by atoms with van der Waals surface area (Å²) in [5.74, 6) is -4.52. The van der Waals surface area contributed by atoms with Gasteiger partial charge in [-0.15, -0.1) is 0 Å². The summed E-state index contributed by atoms with van der Waals surface area (Å²) in [5, 5.41) is 17.9. The molecule has 5 atom stereocenters. The van der Waals surface area contributed by atoms with Gasteiger partial charge in [-0.25, -0.2) is 0 Å². The van der Waals surface area contributed by atoms with E-state index in [0.717, 1.165) is 16.7 Å². The fourth-order valence-electron chi connectivity index (χ4n) is 5.76. The lowest BCUT2D eigenvalue weighted by Gasteiger charge is -2.27. The van der Waals surface area contributed by atoms with E-state index in [1.807, 2.05) is 43.3 Å². The van der Waals surface area contributed by atoms with E-state index >= 15 is 0 Å². The molecule has 284 valence electrons. The van der Waals surface area contributed by atoms with Crippen molar-refractivity contribution in [3.8, 4) is 5.75 Å². The number of aliphatic imine (C=N–C) groups is 1. The fourth-order valence-corrected chi connectivity index (χ4v) is 5.76. The molecule has 0 aliphatic heterocycles. The standard InChI is InChI=1S/C39H52N8O6/c1-2-3-15-32(37(52)45-31(16-10-21-44-39(42)43)34(49)29(35(41)50)22-25-11-6-4-7-12-25)46-38(53)33(24-26-13-8-5-9-14-26)47-36(51)30(40)23-27-17-19-28(48)20-18-27/h4-9,11-14,17-20,29-33,48H,2-3,10,15-16,21-24,40H2,1H3,(H2,41,50)(H,45,52)(H,46,53)(H,47,51)(H4,42,43,44)/t29-,30+,31+,32+,33+/m1/s1. The highest BCUT2D eigenvalue weighted by molar-refractivity contribution is 6.05. The van der Waals surface area contributed by atoms with Crippen LogP contribution in [0.2, 0.25) is 0 Å². The number of rotatable bonds is 22. The van der Waals surface area contributed by atoms with E-state index in [2.05, 4.69) is 20.9 Å². The van der Waals surface area contributed by atoms with Gasteiger partial charge in [0.15, 0.2) is 11.7 Å². The van der Waals surface area contributed by atoms with Crippen LogP contribution in [0.3, 0.4) is 0 Å². The number of benzene rings is 3. The van der Waals surface area contributed by atoms with Gasteiger partial charge in [-0.2, -0.15) is 0 Å². The minimum Gasteiger partial charge on any atom is -0.508 e. The molecule has 3 aromatic carbocycles. The van der Waals surface area contributed by atoms with Gasteiger partial charge < -0.3 is 44.0 Å². The van der Waals surface area contributed by atoms with Crippen molar-refractivity contribution in [3.63, 3.8) is 0 Å². The molecule has 0 fully saturated rings. The highest BCUT2D eigenvalue weighted by Crippen LogP contribution is 2.16. The minimum atomic E-state index is -1.23. The SMILES string of the molecule is CCCC[C@H](NC(=O)[C@H](Cc1ccccc1)NC(=O)[C@@H](N)Cc1ccc(O)cc1)C(=O)N[C@@H](CCCN=C(N)N)C(=O)[C@@H](Cc1ccccc1)C(N)=O. The number of guanidine groups is 1. The van der Waals surface area contributed by atoms with Gasteiger partial charge in [-0.3, -0.25) is 29.0 Å². The summed E-state index contributed by atoms with van der Waals surface area (Å²) in [5.41, 5.74) is 25.1. The number of Topliss-reactive ketones (excluding diaryl/α,β-unsaturated/α-hetero) is 1. The third-order valence-corrected chi connectivity index (χ3v) is 8.70. The fraction of sp³-hybridized carbons (Fsp3) is 0.385. The number of hydrogen-bond donors (Lipinski definition) is 8. The number of amides is 4. The van der Waals surface area contributed by atoms with Crippen LogP contribution < -0.4 is 38.9 Å². The number of nitrogens with one attached hydrogen (secondary N) is 3. The number of carbonyl (C=O) groups is 5. The number of hydrogen-bond acceptors (Lipinski definition) is 8. The highest BCUT2D eigenvalue weighted by atomic mass is 16.3. The Balaban J connectivity index is 1.83. The number of ketones is 1. The van der Waals surface area contributed by atoms with Crippen LogP contribution >= 0.6 is 0 Å². The second kappa shape index (κ2) is 21.6.